The molecule has 0 aromatic rings. The van der Waals surface area contributed by atoms with Gasteiger partial charge in [0.05, 0.1) is 5.92 Å². The van der Waals surface area contributed by atoms with Gasteiger partial charge in [-0.15, -0.1) is 0 Å². The fourth-order valence-corrected chi connectivity index (χ4v) is 2.32. The number of hydrogen-bond acceptors (Lipinski definition) is 2. The molecule has 0 aliphatic heterocycles. The van der Waals surface area contributed by atoms with Gasteiger partial charge in [-0.05, 0) is 32.2 Å². The van der Waals surface area contributed by atoms with Gasteiger partial charge in [-0.1, -0.05) is 32.6 Å². The normalized spacial score (nSPS) is 20.3. The van der Waals surface area contributed by atoms with Crippen LogP contribution in [0.25, 0.3) is 0 Å². The van der Waals surface area contributed by atoms with E-state index in [1.807, 2.05) is 0 Å². The van der Waals surface area contributed by atoms with Gasteiger partial charge in [-0.3, -0.25) is 4.79 Å². The number of hydrogen-bond donors (Lipinski definition) is 2. The van der Waals surface area contributed by atoms with E-state index in [0.29, 0.717) is 6.04 Å². The Hall–Kier alpha value is -0.570. The third kappa shape index (κ3) is 5.50. The van der Waals surface area contributed by atoms with Crippen LogP contribution in [0.1, 0.15) is 58.3 Å². The molecule has 3 nitrogen and oxygen atoms in total. The van der Waals surface area contributed by atoms with E-state index in [-0.39, 0.29) is 5.92 Å². The first-order valence-electron chi connectivity index (χ1n) is 6.66. The Balaban J connectivity index is 2.03. The van der Waals surface area contributed by atoms with Gasteiger partial charge < -0.3 is 10.4 Å². The van der Waals surface area contributed by atoms with E-state index in [9.17, 15) is 4.79 Å². The summed E-state index contributed by atoms with van der Waals surface area (Å²) in [5.74, 6) is -0.870. The highest BCUT2D eigenvalue weighted by Gasteiger charge is 2.12. The van der Waals surface area contributed by atoms with Crippen LogP contribution in [0.2, 0.25) is 0 Å². The van der Waals surface area contributed by atoms with Crippen molar-refractivity contribution in [3.63, 3.8) is 0 Å². The second kappa shape index (κ2) is 7.66. The van der Waals surface area contributed by atoms with Gasteiger partial charge in [0.1, 0.15) is 0 Å². The molecule has 1 fully saturated rings. The maximum absolute atomic E-state index is 10.6. The summed E-state index contributed by atoms with van der Waals surface area (Å²) in [5.41, 5.74) is 0. The molecule has 2 N–H and O–H groups in total. The van der Waals surface area contributed by atoms with Crippen molar-refractivity contribution in [3.05, 3.63) is 0 Å². The van der Waals surface area contributed by atoms with Crippen molar-refractivity contribution in [2.45, 2.75) is 64.3 Å². The molecule has 3 heteroatoms. The largest absolute Gasteiger partial charge is 0.481 e. The molecular weight excluding hydrogens is 202 g/mol. The SMILES string of the molecule is CC(CCCNC1CCCCCC1)C(=O)O. The van der Waals surface area contributed by atoms with Crippen molar-refractivity contribution in [2.24, 2.45) is 5.92 Å². The van der Waals surface area contributed by atoms with E-state index in [0.717, 1.165) is 19.4 Å². The Bertz CT molecular complexity index is 198. The summed E-state index contributed by atoms with van der Waals surface area (Å²) in [4.78, 5) is 10.6. The molecule has 0 spiro atoms. The van der Waals surface area contributed by atoms with Gasteiger partial charge in [-0.25, -0.2) is 0 Å². The maximum atomic E-state index is 10.6. The van der Waals surface area contributed by atoms with E-state index in [4.69, 9.17) is 5.11 Å². The molecular formula is C13H25NO2. The number of carboxylic acids is 1. The summed E-state index contributed by atoms with van der Waals surface area (Å²) in [6.45, 7) is 2.76. The molecule has 1 unspecified atom stereocenters. The zero-order chi connectivity index (χ0) is 11.8. The minimum Gasteiger partial charge on any atom is -0.481 e. The Labute approximate surface area is 98.6 Å². The van der Waals surface area contributed by atoms with Crippen LogP contribution in [0.15, 0.2) is 0 Å². The van der Waals surface area contributed by atoms with Crippen molar-refractivity contribution < 1.29 is 9.90 Å². The maximum Gasteiger partial charge on any atom is 0.306 e. The fraction of sp³-hybridized carbons (Fsp3) is 0.923. The summed E-state index contributed by atoms with van der Waals surface area (Å²) in [6.07, 6.45) is 9.83. The minimum atomic E-state index is -0.672. The van der Waals surface area contributed by atoms with E-state index >= 15 is 0 Å². The van der Waals surface area contributed by atoms with E-state index < -0.39 is 5.97 Å². The number of carboxylic acid groups (broad SMARTS) is 1. The molecule has 0 radical (unpaired) electrons. The van der Waals surface area contributed by atoms with Crippen LogP contribution < -0.4 is 5.32 Å². The molecule has 0 saturated heterocycles. The van der Waals surface area contributed by atoms with Gasteiger partial charge in [0, 0.05) is 6.04 Å². The Morgan fingerprint density at radius 2 is 1.94 bits per heavy atom. The number of carbonyl (C=O) groups is 1. The lowest BCUT2D eigenvalue weighted by Crippen LogP contribution is -2.29. The average Bonchev–Trinajstić information content (AvgIpc) is 2.52. The molecule has 0 heterocycles. The Morgan fingerprint density at radius 3 is 2.50 bits per heavy atom. The van der Waals surface area contributed by atoms with Crippen LogP contribution in [0.3, 0.4) is 0 Å². The van der Waals surface area contributed by atoms with Crippen molar-refractivity contribution in [2.75, 3.05) is 6.54 Å². The molecule has 1 atom stereocenters. The molecule has 1 aliphatic carbocycles. The molecule has 94 valence electrons. The summed E-state index contributed by atoms with van der Waals surface area (Å²) >= 11 is 0. The number of rotatable bonds is 6. The number of nitrogens with one attached hydrogen (secondary N) is 1. The average molecular weight is 227 g/mol. The predicted octanol–water partition coefficient (Wildman–Crippen LogP) is 2.80. The van der Waals surface area contributed by atoms with Crippen LogP contribution in [0.4, 0.5) is 0 Å². The molecule has 1 aliphatic rings. The summed E-state index contributed by atoms with van der Waals surface area (Å²) in [5, 5.41) is 12.3. The summed E-state index contributed by atoms with van der Waals surface area (Å²) in [6, 6.07) is 0.683. The lowest BCUT2D eigenvalue weighted by Gasteiger charge is -2.16. The first-order valence-corrected chi connectivity index (χ1v) is 6.66. The standard InChI is InChI=1S/C13H25NO2/c1-11(13(15)16)7-6-10-14-12-8-4-2-3-5-9-12/h11-12,14H,2-10H2,1H3,(H,15,16). The summed E-state index contributed by atoms with van der Waals surface area (Å²) < 4.78 is 0. The third-order valence-corrected chi connectivity index (χ3v) is 3.52. The van der Waals surface area contributed by atoms with Crippen LogP contribution in [-0.2, 0) is 4.79 Å². The molecule has 0 amide bonds. The fourth-order valence-electron chi connectivity index (χ4n) is 2.32. The van der Waals surface area contributed by atoms with Crippen molar-refractivity contribution >= 4 is 5.97 Å². The molecule has 1 rings (SSSR count). The van der Waals surface area contributed by atoms with E-state index in [2.05, 4.69) is 5.32 Å². The highest BCUT2D eigenvalue weighted by atomic mass is 16.4. The smallest absolute Gasteiger partial charge is 0.306 e. The zero-order valence-electron chi connectivity index (χ0n) is 10.4. The Kier molecular flexibility index (Phi) is 6.46. The lowest BCUT2D eigenvalue weighted by molar-refractivity contribution is -0.141. The first kappa shape index (κ1) is 13.5. The second-order valence-electron chi connectivity index (χ2n) is 5.02. The van der Waals surface area contributed by atoms with Crippen molar-refractivity contribution in [3.8, 4) is 0 Å². The third-order valence-electron chi connectivity index (χ3n) is 3.52. The quantitative estimate of drug-likeness (QED) is 0.542. The van der Waals surface area contributed by atoms with Gasteiger partial charge in [-0.2, -0.15) is 0 Å². The van der Waals surface area contributed by atoms with E-state index in [1.54, 1.807) is 6.92 Å². The molecule has 0 bridgehead atoms. The molecule has 16 heavy (non-hydrogen) atoms. The minimum absolute atomic E-state index is 0.198. The van der Waals surface area contributed by atoms with Crippen molar-refractivity contribution in [1.29, 1.82) is 0 Å². The van der Waals surface area contributed by atoms with Crippen molar-refractivity contribution in [1.82, 2.24) is 5.32 Å². The van der Waals surface area contributed by atoms with Gasteiger partial charge in [0.25, 0.3) is 0 Å². The Morgan fingerprint density at radius 1 is 1.31 bits per heavy atom. The van der Waals surface area contributed by atoms with Gasteiger partial charge >= 0.3 is 5.97 Å². The van der Waals surface area contributed by atoms with Crippen LogP contribution >= 0.6 is 0 Å². The van der Waals surface area contributed by atoms with Gasteiger partial charge in [0.2, 0.25) is 0 Å². The lowest BCUT2D eigenvalue weighted by atomic mass is 10.1. The molecule has 0 aromatic carbocycles. The molecule has 0 aromatic heterocycles. The van der Waals surface area contributed by atoms with E-state index in [1.165, 1.54) is 38.5 Å². The highest BCUT2D eigenvalue weighted by molar-refractivity contribution is 5.69. The van der Waals surface area contributed by atoms with Crippen LogP contribution in [-0.4, -0.2) is 23.7 Å². The summed E-state index contributed by atoms with van der Waals surface area (Å²) in [7, 11) is 0. The topological polar surface area (TPSA) is 49.3 Å². The predicted molar refractivity (Wildman–Crippen MR) is 65.5 cm³/mol. The first-order chi connectivity index (χ1) is 7.70. The van der Waals surface area contributed by atoms with Crippen LogP contribution in [0.5, 0.6) is 0 Å². The zero-order valence-corrected chi connectivity index (χ0v) is 10.4. The van der Waals surface area contributed by atoms with Gasteiger partial charge in [0.15, 0.2) is 0 Å². The number of aliphatic carboxylic acids is 1. The monoisotopic (exact) mass is 227 g/mol. The van der Waals surface area contributed by atoms with Crippen LogP contribution in [0, 0.1) is 5.92 Å². The highest BCUT2D eigenvalue weighted by Crippen LogP contribution is 2.17. The second-order valence-corrected chi connectivity index (χ2v) is 5.02. The molecule has 1 saturated carbocycles.